The van der Waals surface area contributed by atoms with Crippen LogP contribution in [-0.4, -0.2) is 43.0 Å². The molecule has 0 aromatic heterocycles. The number of hydrogen-bond donors (Lipinski definition) is 1. The molecule has 0 spiro atoms. The summed E-state index contributed by atoms with van der Waals surface area (Å²) in [5.41, 5.74) is -1.18. The Hall–Kier alpha value is -2.42. The lowest BCUT2D eigenvalue weighted by molar-refractivity contribution is -0.160. The molecule has 3 atom stereocenters. The quantitative estimate of drug-likeness (QED) is 0.640. The Morgan fingerprint density at radius 2 is 1.83 bits per heavy atom. The minimum atomic E-state index is -4.43. The van der Waals surface area contributed by atoms with Crippen molar-refractivity contribution in [3.05, 3.63) is 35.4 Å². The first-order valence-electron chi connectivity index (χ1n) is 9.68. The van der Waals surface area contributed by atoms with Gasteiger partial charge in [0.05, 0.1) is 18.2 Å². The molecular weight excluding hydrogens is 403 g/mol. The number of carbonyl (C=O) groups is 3. The van der Waals surface area contributed by atoms with Gasteiger partial charge in [-0.1, -0.05) is 12.1 Å². The number of hydrogen-bond acceptors (Lipinski definition) is 6. The van der Waals surface area contributed by atoms with Crippen molar-refractivity contribution in [1.82, 2.24) is 5.32 Å². The fourth-order valence-electron chi connectivity index (χ4n) is 3.79. The van der Waals surface area contributed by atoms with Gasteiger partial charge in [-0.25, -0.2) is 0 Å². The van der Waals surface area contributed by atoms with Gasteiger partial charge in [0, 0.05) is 13.3 Å². The molecule has 0 radical (unpaired) electrons. The number of benzene rings is 1. The van der Waals surface area contributed by atoms with E-state index in [1.165, 1.54) is 33.1 Å². The molecule has 1 aliphatic heterocycles. The van der Waals surface area contributed by atoms with Crippen LogP contribution in [0.1, 0.15) is 44.2 Å². The molecule has 1 heterocycles. The van der Waals surface area contributed by atoms with E-state index in [4.69, 9.17) is 9.47 Å². The van der Waals surface area contributed by atoms with Crippen molar-refractivity contribution in [3.63, 3.8) is 0 Å². The molecule has 30 heavy (non-hydrogen) atoms. The lowest BCUT2D eigenvalue weighted by Gasteiger charge is -2.31. The van der Waals surface area contributed by atoms with Crippen molar-refractivity contribution < 1.29 is 37.0 Å². The molecule has 9 heteroatoms. The van der Waals surface area contributed by atoms with Crippen molar-refractivity contribution in [3.8, 4) is 0 Å². The minimum Gasteiger partial charge on any atom is -0.469 e. The van der Waals surface area contributed by atoms with Gasteiger partial charge in [-0.05, 0) is 50.4 Å². The van der Waals surface area contributed by atoms with Crippen LogP contribution in [0, 0.1) is 5.92 Å². The van der Waals surface area contributed by atoms with Crippen molar-refractivity contribution in [2.24, 2.45) is 5.92 Å². The molecule has 1 aromatic carbocycles. The molecule has 1 unspecified atom stereocenters. The van der Waals surface area contributed by atoms with Crippen LogP contribution < -0.4 is 5.32 Å². The summed E-state index contributed by atoms with van der Waals surface area (Å²) >= 11 is 0. The molecule has 6 nitrogen and oxygen atoms in total. The van der Waals surface area contributed by atoms with Gasteiger partial charge in [0.2, 0.25) is 0 Å². The Balaban J connectivity index is 2.21. The van der Waals surface area contributed by atoms with Crippen LogP contribution >= 0.6 is 0 Å². The number of esters is 2. The molecule has 1 aromatic rings. The number of Topliss-reactive ketones (excluding diaryl/α,β-unsaturated/α-hetero) is 1. The zero-order chi connectivity index (χ0) is 22.5. The maximum atomic E-state index is 13.2. The number of methoxy groups -OCH3 is 1. The molecule has 0 aliphatic carbocycles. The lowest BCUT2D eigenvalue weighted by Crippen LogP contribution is -2.51. The Morgan fingerprint density at radius 1 is 1.20 bits per heavy atom. The number of carbonyl (C=O) groups excluding carboxylic acids is 3. The average Bonchev–Trinajstić information content (AvgIpc) is 3.14. The molecule has 166 valence electrons. The number of halogens is 3. The van der Waals surface area contributed by atoms with E-state index in [9.17, 15) is 27.6 Å². The molecular formula is C21H26F3NO5. The second kappa shape index (κ2) is 9.59. The topological polar surface area (TPSA) is 81.7 Å². The summed E-state index contributed by atoms with van der Waals surface area (Å²) in [6.07, 6.45) is -4.10. The second-order valence-electron chi connectivity index (χ2n) is 7.56. The first-order valence-corrected chi connectivity index (χ1v) is 9.68. The van der Waals surface area contributed by atoms with Gasteiger partial charge in [0.25, 0.3) is 0 Å². The van der Waals surface area contributed by atoms with Crippen molar-refractivity contribution in [1.29, 1.82) is 0 Å². The van der Waals surface area contributed by atoms with Gasteiger partial charge < -0.3 is 14.8 Å². The molecule has 1 saturated heterocycles. The summed E-state index contributed by atoms with van der Waals surface area (Å²) in [6, 6.07) is 4.69. The standard InChI is InChI=1S/C21H26F3NO5/c1-13(30-14(2)26)17(19(28)29-3)11-18(27)20(9-4-10-25-20)12-15-5-7-16(8-6-15)21(22,23)24/h5-8,13,17,25H,4,9-12H2,1-3H3/t13-,17+,20?/m1/s1. The summed E-state index contributed by atoms with van der Waals surface area (Å²) < 4.78 is 48.2. The number of nitrogens with one attached hydrogen (secondary N) is 1. The van der Waals surface area contributed by atoms with E-state index in [-0.39, 0.29) is 18.6 Å². The Bertz CT molecular complexity index is 770. The maximum Gasteiger partial charge on any atom is 0.416 e. The first-order chi connectivity index (χ1) is 14.0. The number of rotatable bonds is 8. The zero-order valence-corrected chi connectivity index (χ0v) is 17.2. The molecule has 0 bridgehead atoms. The molecule has 2 rings (SSSR count). The number of ketones is 1. The SMILES string of the molecule is COC(=O)[C@@H](CC(=O)C1(Cc2ccc(C(F)(F)F)cc2)CCCN1)[C@@H](C)OC(C)=O. The lowest BCUT2D eigenvalue weighted by atomic mass is 9.80. The highest BCUT2D eigenvalue weighted by Gasteiger charge is 2.43. The first kappa shape index (κ1) is 23.9. The van der Waals surface area contributed by atoms with Crippen LogP contribution in [0.25, 0.3) is 0 Å². The summed E-state index contributed by atoms with van der Waals surface area (Å²) in [5, 5.41) is 3.17. The van der Waals surface area contributed by atoms with E-state index in [1.54, 1.807) is 0 Å². The highest BCUT2D eigenvalue weighted by molar-refractivity contribution is 5.92. The summed E-state index contributed by atoms with van der Waals surface area (Å²) in [4.78, 5) is 36.7. The molecule has 1 N–H and O–H groups in total. The third-order valence-corrected chi connectivity index (χ3v) is 5.39. The van der Waals surface area contributed by atoms with Crippen LogP contribution in [0.2, 0.25) is 0 Å². The molecule has 0 amide bonds. The van der Waals surface area contributed by atoms with Crippen LogP contribution in [0.5, 0.6) is 0 Å². The minimum absolute atomic E-state index is 0.194. The van der Waals surface area contributed by atoms with Gasteiger partial charge in [-0.3, -0.25) is 14.4 Å². The van der Waals surface area contributed by atoms with Crippen LogP contribution in [0.3, 0.4) is 0 Å². The van der Waals surface area contributed by atoms with Crippen LogP contribution in [0.15, 0.2) is 24.3 Å². The van der Waals surface area contributed by atoms with Crippen LogP contribution in [-0.2, 0) is 36.5 Å². The second-order valence-corrected chi connectivity index (χ2v) is 7.56. The van der Waals surface area contributed by atoms with Gasteiger partial charge in [-0.2, -0.15) is 13.2 Å². The zero-order valence-electron chi connectivity index (χ0n) is 17.2. The Morgan fingerprint density at radius 3 is 2.30 bits per heavy atom. The smallest absolute Gasteiger partial charge is 0.416 e. The van der Waals surface area contributed by atoms with Gasteiger partial charge >= 0.3 is 18.1 Å². The number of ether oxygens (including phenoxy) is 2. The molecule has 1 fully saturated rings. The van der Waals surface area contributed by atoms with Crippen molar-refractivity contribution >= 4 is 17.7 Å². The number of alkyl halides is 3. The summed E-state index contributed by atoms with van der Waals surface area (Å²) in [6.45, 7) is 3.30. The van der Waals surface area contributed by atoms with Gasteiger partial charge in [0.1, 0.15) is 12.0 Å². The van der Waals surface area contributed by atoms with E-state index in [1.807, 2.05) is 0 Å². The highest BCUT2D eigenvalue weighted by atomic mass is 19.4. The Kier molecular flexibility index (Phi) is 7.63. The monoisotopic (exact) mass is 429 g/mol. The predicted molar refractivity (Wildman–Crippen MR) is 101 cm³/mol. The van der Waals surface area contributed by atoms with E-state index in [0.29, 0.717) is 18.5 Å². The third kappa shape index (κ3) is 5.81. The van der Waals surface area contributed by atoms with Crippen molar-refractivity contribution in [2.45, 2.75) is 57.3 Å². The fourth-order valence-corrected chi connectivity index (χ4v) is 3.79. The summed E-state index contributed by atoms with van der Waals surface area (Å²) in [5.74, 6) is -2.49. The van der Waals surface area contributed by atoms with E-state index in [2.05, 4.69) is 5.32 Å². The normalized spacial score (nSPS) is 21.0. The van der Waals surface area contributed by atoms with E-state index >= 15 is 0 Å². The summed E-state index contributed by atoms with van der Waals surface area (Å²) in [7, 11) is 1.19. The van der Waals surface area contributed by atoms with Gasteiger partial charge in [-0.15, -0.1) is 0 Å². The third-order valence-electron chi connectivity index (χ3n) is 5.39. The average molecular weight is 429 g/mol. The Labute approximate surface area is 173 Å². The van der Waals surface area contributed by atoms with E-state index in [0.717, 1.165) is 18.6 Å². The van der Waals surface area contributed by atoms with Crippen molar-refractivity contribution in [2.75, 3.05) is 13.7 Å². The van der Waals surface area contributed by atoms with E-state index < -0.39 is 41.2 Å². The maximum absolute atomic E-state index is 13.2. The molecule has 1 aliphatic rings. The molecule has 0 saturated carbocycles. The highest BCUT2D eigenvalue weighted by Crippen LogP contribution is 2.32. The van der Waals surface area contributed by atoms with Crippen LogP contribution in [0.4, 0.5) is 13.2 Å². The predicted octanol–water partition coefficient (Wildman–Crippen LogP) is 3.07. The van der Waals surface area contributed by atoms with Gasteiger partial charge in [0.15, 0.2) is 5.78 Å². The largest absolute Gasteiger partial charge is 0.469 e. The fraction of sp³-hybridized carbons (Fsp3) is 0.571.